The van der Waals surface area contributed by atoms with Crippen molar-refractivity contribution >= 4 is 11.6 Å². The quantitative estimate of drug-likeness (QED) is 0.608. The smallest absolute Gasteiger partial charge is 0.257 e. The Bertz CT molecular complexity index is 1100. The van der Waals surface area contributed by atoms with Crippen molar-refractivity contribution in [3.8, 4) is 0 Å². The lowest BCUT2D eigenvalue weighted by Gasteiger charge is -2.31. The molecule has 0 spiro atoms. The van der Waals surface area contributed by atoms with E-state index in [9.17, 15) is 4.79 Å². The molecule has 2 aliphatic heterocycles. The van der Waals surface area contributed by atoms with Crippen LogP contribution in [0.15, 0.2) is 56.7 Å². The van der Waals surface area contributed by atoms with E-state index in [4.69, 9.17) is 14.0 Å². The number of carbonyl (C=O) groups excluding carboxylic acids is 1. The minimum atomic E-state index is -0.215. The van der Waals surface area contributed by atoms with Crippen LogP contribution in [0.2, 0.25) is 0 Å². The summed E-state index contributed by atoms with van der Waals surface area (Å²) in [5, 5.41) is 10.2. The maximum atomic E-state index is 13.3. The van der Waals surface area contributed by atoms with E-state index in [1.807, 2.05) is 19.1 Å². The van der Waals surface area contributed by atoms with E-state index in [0.717, 1.165) is 43.0 Å². The van der Waals surface area contributed by atoms with Crippen LogP contribution in [0.25, 0.3) is 0 Å². The van der Waals surface area contributed by atoms with Gasteiger partial charge < -0.3 is 8.94 Å². The number of amides is 1. The van der Waals surface area contributed by atoms with E-state index >= 15 is 0 Å². The van der Waals surface area contributed by atoms with Crippen LogP contribution < -0.4 is 0 Å². The summed E-state index contributed by atoms with van der Waals surface area (Å²) >= 11 is 0. The standard InChI is InChI=1S/C24H27N5O3/c1-16-5-7-18(8-6-16)20-14-21(22-4-3-13-31-22)29(26-20)23(30)15-28-11-9-19(10-12-28)24-25-17(2)27-32-24/h3-8,13,19,21H,9-12,14-15H2,1-2H3. The first-order chi connectivity index (χ1) is 15.6. The zero-order valence-electron chi connectivity index (χ0n) is 18.4. The summed E-state index contributed by atoms with van der Waals surface area (Å²) in [6, 6.07) is 11.8. The van der Waals surface area contributed by atoms with Gasteiger partial charge in [-0.25, -0.2) is 5.01 Å². The van der Waals surface area contributed by atoms with Crippen LogP contribution in [-0.4, -0.2) is 51.3 Å². The number of benzene rings is 1. The van der Waals surface area contributed by atoms with Gasteiger partial charge in [-0.15, -0.1) is 0 Å². The molecule has 4 heterocycles. The summed E-state index contributed by atoms with van der Waals surface area (Å²) in [6.07, 6.45) is 4.08. The van der Waals surface area contributed by atoms with Crippen molar-refractivity contribution in [2.75, 3.05) is 19.6 Å². The van der Waals surface area contributed by atoms with Crippen molar-refractivity contribution in [1.29, 1.82) is 0 Å². The largest absolute Gasteiger partial charge is 0.467 e. The van der Waals surface area contributed by atoms with Gasteiger partial charge in [-0.3, -0.25) is 9.69 Å². The average Bonchev–Trinajstić information content (AvgIpc) is 3.55. The number of carbonyl (C=O) groups is 1. The molecule has 2 aliphatic rings. The molecule has 166 valence electrons. The van der Waals surface area contributed by atoms with Crippen molar-refractivity contribution in [2.24, 2.45) is 5.10 Å². The Morgan fingerprint density at radius 1 is 1.12 bits per heavy atom. The van der Waals surface area contributed by atoms with E-state index in [-0.39, 0.29) is 17.9 Å². The van der Waals surface area contributed by atoms with Crippen LogP contribution in [0.1, 0.15) is 59.8 Å². The zero-order chi connectivity index (χ0) is 22.1. The van der Waals surface area contributed by atoms with Crippen LogP contribution in [0, 0.1) is 13.8 Å². The van der Waals surface area contributed by atoms with Crippen LogP contribution in [-0.2, 0) is 4.79 Å². The van der Waals surface area contributed by atoms with Crippen molar-refractivity contribution in [2.45, 2.75) is 45.1 Å². The van der Waals surface area contributed by atoms with Crippen molar-refractivity contribution < 1.29 is 13.7 Å². The van der Waals surface area contributed by atoms with Crippen LogP contribution in [0.5, 0.6) is 0 Å². The molecule has 5 rings (SSSR count). The molecule has 0 N–H and O–H groups in total. The second kappa shape index (κ2) is 8.70. The highest BCUT2D eigenvalue weighted by atomic mass is 16.5. The van der Waals surface area contributed by atoms with Gasteiger partial charge in [-0.05, 0) is 57.5 Å². The molecule has 2 aromatic heterocycles. The number of rotatable bonds is 5. The lowest BCUT2D eigenvalue weighted by atomic mass is 9.97. The molecule has 32 heavy (non-hydrogen) atoms. The van der Waals surface area contributed by atoms with Gasteiger partial charge in [0.05, 0.1) is 18.5 Å². The first-order valence-corrected chi connectivity index (χ1v) is 11.1. The van der Waals surface area contributed by atoms with Gasteiger partial charge in [0.25, 0.3) is 5.91 Å². The molecule has 8 heteroatoms. The van der Waals surface area contributed by atoms with Gasteiger partial charge in [0.15, 0.2) is 5.82 Å². The Labute approximate surface area is 186 Å². The minimum absolute atomic E-state index is 0.0133. The molecule has 1 amide bonds. The molecule has 1 aromatic carbocycles. The summed E-state index contributed by atoms with van der Waals surface area (Å²) in [6.45, 7) is 5.84. The fourth-order valence-electron chi connectivity index (χ4n) is 4.44. The van der Waals surface area contributed by atoms with Crippen LogP contribution >= 0.6 is 0 Å². The Kier molecular flexibility index (Phi) is 5.61. The number of nitrogens with zero attached hydrogens (tertiary/aromatic N) is 5. The number of hydrazone groups is 1. The molecule has 0 bridgehead atoms. The number of hydrogen-bond donors (Lipinski definition) is 0. The maximum Gasteiger partial charge on any atom is 0.257 e. The topological polar surface area (TPSA) is 88.0 Å². The third kappa shape index (κ3) is 4.23. The molecule has 3 aromatic rings. The number of furan rings is 1. The zero-order valence-corrected chi connectivity index (χ0v) is 18.4. The lowest BCUT2D eigenvalue weighted by Crippen LogP contribution is -2.41. The number of aromatic nitrogens is 2. The molecule has 1 atom stereocenters. The molecule has 0 aliphatic carbocycles. The van der Waals surface area contributed by atoms with Gasteiger partial charge in [0.1, 0.15) is 11.8 Å². The molecule has 1 saturated heterocycles. The predicted octanol–water partition coefficient (Wildman–Crippen LogP) is 3.84. The van der Waals surface area contributed by atoms with Crippen molar-refractivity contribution in [1.82, 2.24) is 20.0 Å². The SMILES string of the molecule is Cc1ccc(C2=NN(C(=O)CN3CCC(c4nc(C)no4)CC3)C(c3ccco3)C2)cc1. The van der Waals surface area contributed by atoms with E-state index in [1.165, 1.54) is 5.56 Å². The maximum absolute atomic E-state index is 13.3. The third-order valence-electron chi connectivity index (χ3n) is 6.26. The first-order valence-electron chi connectivity index (χ1n) is 11.1. The Balaban J connectivity index is 1.28. The average molecular weight is 434 g/mol. The Morgan fingerprint density at radius 2 is 1.91 bits per heavy atom. The molecule has 8 nitrogen and oxygen atoms in total. The molecular formula is C24H27N5O3. The molecule has 0 radical (unpaired) electrons. The first kappa shape index (κ1) is 20.6. The van der Waals surface area contributed by atoms with E-state index < -0.39 is 0 Å². The number of likely N-dealkylation sites (tertiary alicyclic amines) is 1. The van der Waals surface area contributed by atoms with Gasteiger partial charge in [0, 0.05) is 12.3 Å². The highest BCUT2D eigenvalue weighted by Gasteiger charge is 2.36. The van der Waals surface area contributed by atoms with Crippen LogP contribution in [0.3, 0.4) is 0 Å². The Morgan fingerprint density at radius 3 is 2.56 bits per heavy atom. The third-order valence-corrected chi connectivity index (χ3v) is 6.26. The van der Waals surface area contributed by atoms with Gasteiger partial charge in [-0.2, -0.15) is 10.1 Å². The highest BCUT2D eigenvalue weighted by molar-refractivity contribution is 6.03. The minimum Gasteiger partial charge on any atom is -0.467 e. The van der Waals surface area contributed by atoms with Crippen molar-refractivity contribution in [3.63, 3.8) is 0 Å². The molecule has 1 fully saturated rings. The normalized spacial score (nSPS) is 20.0. The lowest BCUT2D eigenvalue weighted by molar-refractivity contribution is -0.134. The molecule has 1 unspecified atom stereocenters. The second-order valence-corrected chi connectivity index (χ2v) is 8.62. The van der Waals surface area contributed by atoms with Gasteiger partial charge >= 0.3 is 0 Å². The van der Waals surface area contributed by atoms with E-state index in [2.05, 4.69) is 46.2 Å². The van der Waals surface area contributed by atoms with Crippen LogP contribution in [0.4, 0.5) is 0 Å². The predicted molar refractivity (Wildman–Crippen MR) is 118 cm³/mol. The molecule has 0 saturated carbocycles. The fraction of sp³-hybridized carbons (Fsp3) is 0.417. The summed E-state index contributed by atoms with van der Waals surface area (Å²) in [5.41, 5.74) is 3.14. The summed E-state index contributed by atoms with van der Waals surface area (Å²) in [7, 11) is 0. The van der Waals surface area contributed by atoms with Gasteiger partial charge in [-0.1, -0.05) is 35.0 Å². The highest BCUT2D eigenvalue weighted by Crippen LogP contribution is 2.34. The van der Waals surface area contributed by atoms with E-state index in [1.54, 1.807) is 11.3 Å². The summed E-state index contributed by atoms with van der Waals surface area (Å²) in [4.78, 5) is 19.8. The summed E-state index contributed by atoms with van der Waals surface area (Å²) in [5.74, 6) is 2.38. The fourth-order valence-corrected chi connectivity index (χ4v) is 4.44. The summed E-state index contributed by atoms with van der Waals surface area (Å²) < 4.78 is 11.0. The van der Waals surface area contributed by atoms with Crippen molar-refractivity contribution in [3.05, 3.63) is 71.3 Å². The van der Waals surface area contributed by atoms with Gasteiger partial charge in [0.2, 0.25) is 5.89 Å². The number of aryl methyl sites for hydroxylation is 2. The Hall–Kier alpha value is -3.26. The number of hydrogen-bond acceptors (Lipinski definition) is 7. The molecular weight excluding hydrogens is 406 g/mol. The monoisotopic (exact) mass is 433 g/mol. The second-order valence-electron chi connectivity index (χ2n) is 8.62. The van der Waals surface area contributed by atoms with E-state index in [0.29, 0.717) is 24.7 Å². The number of piperidine rings is 1.